The Balaban J connectivity index is 3.85. The van der Waals surface area contributed by atoms with Crippen molar-refractivity contribution in [2.75, 3.05) is 6.61 Å². The minimum absolute atomic E-state index is 0.226. The van der Waals surface area contributed by atoms with Crippen LogP contribution >= 0.6 is 0 Å². The topological polar surface area (TPSA) is 89.8 Å². The molecule has 0 spiro atoms. The van der Waals surface area contributed by atoms with Gasteiger partial charge in [-0.15, -0.1) is 0 Å². The molecule has 5 nitrogen and oxygen atoms in total. The van der Waals surface area contributed by atoms with E-state index in [0.29, 0.717) is 6.42 Å². The van der Waals surface area contributed by atoms with E-state index in [2.05, 4.69) is 31.3 Å². The zero-order chi connectivity index (χ0) is 28.1. The number of carbonyl (C=O) groups is 1. The molecule has 5 heteroatoms. The number of nitrogens with one attached hydrogen (secondary N) is 1. The van der Waals surface area contributed by atoms with Gasteiger partial charge in [0.05, 0.1) is 18.8 Å². The van der Waals surface area contributed by atoms with Crippen LogP contribution in [0.4, 0.5) is 0 Å². The van der Waals surface area contributed by atoms with Gasteiger partial charge in [0, 0.05) is 6.42 Å². The first-order chi connectivity index (χ1) is 18.6. The largest absolute Gasteiger partial charge is 0.394 e. The van der Waals surface area contributed by atoms with Crippen LogP contribution in [-0.2, 0) is 4.79 Å². The van der Waals surface area contributed by atoms with Gasteiger partial charge in [-0.2, -0.15) is 0 Å². The first-order valence-electron chi connectivity index (χ1n) is 16.1. The molecule has 0 saturated heterocycles. The predicted octanol–water partition coefficient (Wildman–Crippen LogP) is 7.92. The number of unbranched alkanes of at least 4 members (excludes halogenated alkanes) is 17. The van der Waals surface area contributed by atoms with Crippen LogP contribution in [0, 0.1) is 0 Å². The number of carbonyl (C=O) groups excluding carboxylic acids is 1. The summed E-state index contributed by atoms with van der Waals surface area (Å²) in [6.45, 7) is 4.15. The summed E-state index contributed by atoms with van der Waals surface area (Å²) in [5, 5.41) is 32.8. The summed E-state index contributed by atoms with van der Waals surface area (Å²) in [6.07, 6.45) is 31.7. The molecule has 0 radical (unpaired) electrons. The molecule has 0 aromatic rings. The standard InChI is InChI=1S/C33H63NO4/c1-3-5-7-9-11-13-15-17-19-21-23-25-27-31(36)30(29-35)34-33(38)32(37)28-26-24-22-20-18-16-14-12-10-8-6-4-2/h18,20,24,26,30-32,35-37H,3-17,19,21-23,25,27-29H2,1-2H3,(H,34,38)/b20-18-,26-24-. The molecule has 3 atom stereocenters. The smallest absolute Gasteiger partial charge is 0.249 e. The van der Waals surface area contributed by atoms with Crippen LogP contribution in [0.25, 0.3) is 0 Å². The lowest BCUT2D eigenvalue weighted by Crippen LogP contribution is -2.49. The van der Waals surface area contributed by atoms with Crippen molar-refractivity contribution in [3.63, 3.8) is 0 Å². The van der Waals surface area contributed by atoms with Crippen LogP contribution in [0.3, 0.4) is 0 Å². The fourth-order valence-corrected chi connectivity index (χ4v) is 4.70. The van der Waals surface area contributed by atoms with Crippen molar-refractivity contribution >= 4 is 5.91 Å². The molecule has 0 bridgehead atoms. The predicted molar refractivity (Wildman–Crippen MR) is 162 cm³/mol. The lowest BCUT2D eigenvalue weighted by molar-refractivity contribution is -0.131. The van der Waals surface area contributed by atoms with Crippen LogP contribution in [-0.4, -0.2) is 46.1 Å². The summed E-state index contributed by atoms with van der Waals surface area (Å²) >= 11 is 0. The summed E-state index contributed by atoms with van der Waals surface area (Å²) < 4.78 is 0. The van der Waals surface area contributed by atoms with E-state index in [0.717, 1.165) is 32.1 Å². The van der Waals surface area contributed by atoms with Crippen LogP contribution in [0.2, 0.25) is 0 Å². The van der Waals surface area contributed by atoms with Crippen LogP contribution in [0.1, 0.15) is 155 Å². The Kier molecular flexibility index (Phi) is 27.9. The summed E-state index contributed by atoms with van der Waals surface area (Å²) in [4.78, 5) is 12.3. The van der Waals surface area contributed by atoms with Crippen LogP contribution in [0.5, 0.6) is 0 Å². The third-order valence-electron chi connectivity index (χ3n) is 7.33. The van der Waals surface area contributed by atoms with Gasteiger partial charge in [0.15, 0.2) is 0 Å². The van der Waals surface area contributed by atoms with Crippen molar-refractivity contribution in [1.82, 2.24) is 5.32 Å². The van der Waals surface area contributed by atoms with Crippen molar-refractivity contribution in [3.05, 3.63) is 24.3 Å². The molecule has 4 N–H and O–H groups in total. The maximum atomic E-state index is 12.3. The van der Waals surface area contributed by atoms with Gasteiger partial charge in [-0.1, -0.05) is 147 Å². The van der Waals surface area contributed by atoms with E-state index in [1.165, 1.54) is 96.3 Å². The summed E-state index contributed by atoms with van der Waals surface area (Å²) in [6, 6.07) is -0.737. The number of amides is 1. The Morgan fingerprint density at radius 2 is 1.13 bits per heavy atom. The number of aliphatic hydroxyl groups excluding tert-OH is 3. The molecule has 224 valence electrons. The van der Waals surface area contributed by atoms with Crippen LogP contribution in [0.15, 0.2) is 24.3 Å². The van der Waals surface area contributed by atoms with Crippen molar-refractivity contribution in [2.24, 2.45) is 0 Å². The van der Waals surface area contributed by atoms with Crippen molar-refractivity contribution < 1.29 is 20.1 Å². The van der Waals surface area contributed by atoms with Gasteiger partial charge in [0.2, 0.25) is 5.91 Å². The second-order valence-corrected chi connectivity index (χ2v) is 11.0. The maximum Gasteiger partial charge on any atom is 0.249 e. The molecule has 0 aliphatic heterocycles. The van der Waals surface area contributed by atoms with Crippen molar-refractivity contribution in [1.29, 1.82) is 0 Å². The Morgan fingerprint density at radius 3 is 1.66 bits per heavy atom. The van der Waals surface area contributed by atoms with Crippen molar-refractivity contribution in [3.8, 4) is 0 Å². The lowest BCUT2D eigenvalue weighted by atomic mass is 10.0. The monoisotopic (exact) mass is 537 g/mol. The van der Waals surface area contributed by atoms with Crippen molar-refractivity contribution in [2.45, 2.75) is 173 Å². The first-order valence-corrected chi connectivity index (χ1v) is 16.1. The molecule has 38 heavy (non-hydrogen) atoms. The van der Waals surface area contributed by atoms with Gasteiger partial charge in [-0.25, -0.2) is 0 Å². The van der Waals surface area contributed by atoms with Gasteiger partial charge in [-0.05, 0) is 25.7 Å². The molecule has 0 aliphatic carbocycles. The zero-order valence-electron chi connectivity index (χ0n) is 25.1. The SMILES string of the molecule is CCCCCCCC/C=C\C/C=C\CC(O)C(=O)NC(CO)C(O)CCCCCCCCCCCCCC. The molecule has 3 unspecified atom stereocenters. The molecule has 1 amide bonds. The zero-order valence-corrected chi connectivity index (χ0v) is 25.1. The molecule has 0 heterocycles. The van der Waals surface area contributed by atoms with Gasteiger partial charge in [-0.3, -0.25) is 4.79 Å². The third-order valence-corrected chi connectivity index (χ3v) is 7.33. The van der Waals surface area contributed by atoms with Gasteiger partial charge >= 0.3 is 0 Å². The second kappa shape index (κ2) is 28.8. The molecule has 0 saturated carbocycles. The minimum Gasteiger partial charge on any atom is -0.394 e. The lowest BCUT2D eigenvalue weighted by Gasteiger charge is -2.23. The van der Waals surface area contributed by atoms with Gasteiger partial charge < -0.3 is 20.6 Å². The van der Waals surface area contributed by atoms with E-state index in [1.807, 2.05) is 12.2 Å². The number of allylic oxidation sites excluding steroid dienone is 3. The summed E-state index contributed by atoms with van der Waals surface area (Å²) in [5.41, 5.74) is 0. The molecule has 0 aliphatic rings. The fraction of sp³-hybridized carbons (Fsp3) is 0.848. The molecule has 0 rings (SSSR count). The second-order valence-electron chi connectivity index (χ2n) is 11.0. The van der Waals surface area contributed by atoms with E-state index < -0.39 is 24.2 Å². The number of rotatable bonds is 28. The normalized spacial score (nSPS) is 14.3. The molecule has 0 fully saturated rings. The highest BCUT2D eigenvalue weighted by Crippen LogP contribution is 2.14. The highest BCUT2D eigenvalue weighted by atomic mass is 16.3. The Morgan fingerprint density at radius 1 is 0.658 bits per heavy atom. The molecule has 0 aromatic carbocycles. The van der Waals surface area contributed by atoms with E-state index in [-0.39, 0.29) is 13.0 Å². The Labute approximate surface area is 235 Å². The molecular formula is C33H63NO4. The maximum absolute atomic E-state index is 12.3. The molecule has 0 aromatic heterocycles. The summed E-state index contributed by atoms with van der Waals surface area (Å²) in [5.74, 6) is -0.541. The highest BCUT2D eigenvalue weighted by Gasteiger charge is 2.23. The van der Waals surface area contributed by atoms with E-state index in [9.17, 15) is 20.1 Å². The fourth-order valence-electron chi connectivity index (χ4n) is 4.70. The van der Waals surface area contributed by atoms with E-state index in [1.54, 1.807) is 0 Å². The minimum atomic E-state index is -1.17. The Hall–Kier alpha value is -1.17. The first kappa shape index (κ1) is 36.8. The molecular weight excluding hydrogens is 474 g/mol. The number of aliphatic hydroxyl groups is 3. The van der Waals surface area contributed by atoms with E-state index >= 15 is 0 Å². The number of hydrogen-bond acceptors (Lipinski definition) is 4. The average molecular weight is 538 g/mol. The number of hydrogen-bond donors (Lipinski definition) is 4. The van der Waals surface area contributed by atoms with Gasteiger partial charge in [0.1, 0.15) is 6.10 Å². The highest BCUT2D eigenvalue weighted by molar-refractivity contribution is 5.81. The van der Waals surface area contributed by atoms with Crippen LogP contribution < -0.4 is 5.32 Å². The average Bonchev–Trinajstić information content (AvgIpc) is 2.92. The Bertz CT molecular complexity index is 563. The quantitative estimate of drug-likeness (QED) is 0.0603. The third kappa shape index (κ3) is 23.9. The summed E-state index contributed by atoms with van der Waals surface area (Å²) in [7, 11) is 0. The van der Waals surface area contributed by atoms with Gasteiger partial charge in [0.25, 0.3) is 0 Å². The van der Waals surface area contributed by atoms with E-state index in [4.69, 9.17) is 0 Å².